The van der Waals surface area contributed by atoms with Crippen molar-refractivity contribution in [3.63, 3.8) is 0 Å². The molecule has 0 atom stereocenters. The van der Waals surface area contributed by atoms with Crippen molar-refractivity contribution < 1.29 is 14.3 Å². The van der Waals surface area contributed by atoms with Gasteiger partial charge < -0.3 is 20.5 Å². The number of nitrogens with zero attached hydrogens (tertiary/aromatic N) is 4. The van der Waals surface area contributed by atoms with Crippen LogP contribution in [0.15, 0.2) is 54.9 Å². The zero-order chi connectivity index (χ0) is 23.5. The van der Waals surface area contributed by atoms with Crippen LogP contribution in [0.3, 0.4) is 0 Å². The molecule has 0 saturated heterocycles. The number of carbonyl (C=O) groups excluding carboxylic acids is 1. The molecule has 3 aromatic heterocycles. The monoisotopic (exact) mass is 458 g/mol. The first-order chi connectivity index (χ1) is 16.6. The molecule has 1 fully saturated rings. The molecule has 0 spiro atoms. The largest absolute Gasteiger partial charge is 0.493 e. The number of nitrogen functional groups attached to an aromatic ring is 1. The van der Waals surface area contributed by atoms with Gasteiger partial charge in [-0.15, -0.1) is 5.10 Å². The number of hydrogen-bond donors (Lipinski definition) is 2. The highest BCUT2D eigenvalue weighted by Gasteiger charge is 2.18. The maximum atomic E-state index is 13.0. The molecule has 0 aliphatic heterocycles. The summed E-state index contributed by atoms with van der Waals surface area (Å²) in [4.78, 5) is 21.6. The van der Waals surface area contributed by atoms with Crippen molar-refractivity contribution in [2.75, 3.05) is 19.5 Å². The quantitative estimate of drug-likeness (QED) is 0.415. The van der Waals surface area contributed by atoms with Gasteiger partial charge in [0, 0.05) is 24.5 Å². The fourth-order valence-corrected chi connectivity index (χ4v) is 3.91. The van der Waals surface area contributed by atoms with Gasteiger partial charge in [0.05, 0.1) is 13.7 Å². The van der Waals surface area contributed by atoms with Crippen LogP contribution in [0.4, 0.5) is 5.95 Å². The molecule has 1 saturated carbocycles. The Kier molecular flexibility index (Phi) is 5.99. The lowest BCUT2D eigenvalue weighted by Gasteiger charge is -2.25. The van der Waals surface area contributed by atoms with E-state index in [0.29, 0.717) is 23.7 Å². The first-order valence-corrected chi connectivity index (χ1v) is 11.3. The van der Waals surface area contributed by atoms with E-state index < -0.39 is 0 Å². The van der Waals surface area contributed by atoms with Crippen molar-refractivity contribution in [1.29, 1.82) is 0 Å². The maximum absolute atomic E-state index is 13.0. The number of nitrogens with one attached hydrogen (secondary N) is 1. The van der Waals surface area contributed by atoms with Crippen molar-refractivity contribution in [3.8, 4) is 22.8 Å². The van der Waals surface area contributed by atoms with E-state index in [1.165, 1.54) is 26.4 Å². The van der Waals surface area contributed by atoms with Crippen molar-refractivity contribution in [2.24, 2.45) is 5.92 Å². The molecule has 1 amide bonds. The average Bonchev–Trinajstić information content (AvgIpc) is 3.20. The van der Waals surface area contributed by atoms with E-state index in [4.69, 9.17) is 15.2 Å². The molecule has 3 heterocycles. The second kappa shape index (κ2) is 9.38. The summed E-state index contributed by atoms with van der Waals surface area (Å²) in [6.45, 7) is 1.11. The Morgan fingerprint density at radius 1 is 1.21 bits per heavy atom. The predicted octanol–water partition coefficient (Wildman–Crippen LogP) is 3.49. The highest BCUT2D eigenvalue weighted by atomic mass is 16.5. The molecule has 3 N–H and O–H groups in total. The topological polar surface area (TPSA) is 117 Å². The van der Waals surface area contributed by atoms with Gasteiger partial charge in [-0.2, -0.15) is 4.98 Å². The van der Waals surface area contributed by atoms with Gasteiger partial charge in [-0.25, -0.2) is 9.50 Å². The lowest BCUT2D eigenvalue weighted by Crippen LogP contribution is -2.24. The van der Waals surface area contributed by atoms with Crippen molar-refractivity contribution in [3.05, 3.63) is 66.0 Å². The van der Waals surface area contributed by atoms with Gasteiger partial charge in [0.2, 0.25) is 11.8 Å². The SMILES string of the molecule is COc1ncc(-c2ccn3nc(N)nc3c2)cc1C(=O)NCc1cccc(OCC2CCC2)c1. The predicted molar refractivity (Wildman–Crippen MR) is 128 cm³/mol. The average molecular weight is 459 g/mol. The number of nitrogens with two attached hydrogens (primary N) is 1. The Morgan fingerprint density at radius 3 is 2.88 bits per heavy atom. The Bertz CT molecular complexity index is 1330. The second-order valence-corrected chi connectivity index (χ2v) is 8.41. The summed E-state index contributed by atoms with van der Waals surface area (Å²) in [5.41, 5.74) is 9.17. The lowest BCUT2D eigenvalue weighted by molar-refractivity contribution is 0.0947. The molecule has 174 valence electrons. The molecule has 1 aromatic carbocycles. The van der Waals surface area contributed by atoms with Crippen molar-refractivity contribution in [1.82, 2.24) is 24.9 Å². The first-order valence-electron chi connectivity index (χ1n) is 11.3. The lowest BCUT2D eigenvalue weighted by atomic mass is 9.86. The fraction of sp³-hybridized carbons (Fsp3) is 0.280. The molecule has 5 rings (SSSR count). The highest BCUT2D eigenvalue weighted by Crippen LogP contribution is 2.28. The van der Waals surface area contributed by atoms with Crippen molar-refractivity contribution >= 4 is 17.5 Å². The summed E-state index contributed by atoms with van der Waals surface area (Å²) < 4.78 is 12.8. The van der Waals surface area contributed by atoms with Gasteiger partial charge in [-0.05, 0) is 60.2 Å². The van der Waals surface area contributed by atoms with Crippen LogP contribution < -0.4 is 20.5 Å². The summed E-state index contributed by atoms with van der Waals surface area (Å²) in [5.74, 6) is 1.66. The molecule has 9 nitrogen and oxygen atoms in total. The molecule has 0 radical (unpaired) electrons. The zero-order valence-electron chi connectivity index (χ0n) is 18.9. The number of aromatic nitrogens is 4. The van der Waals surface area contributed by atoms with Gasteiger partial charge >= 0.3 is 0 Å². The number of fused-ring (bicyclic) bond motifs is 1. The number of methoxy groups -OCH3 is 1. The van der Waals surface area contributed by atoms with E-state index in [1.807, 2.05) is 36.4 Å². The van der Waals surface area contributed by atoms with Crippen LogP contribution in [0.2, 0.25) is 0 Å². The van der Waals surface area contributed by atoms with Crippen LogP contribution in [0.5, 0.6) is 11.6 Å². The molecule has 0 bridgehead atoms. The Hall–Kier alpha value is -4.14. The molecule has 4 aromatic rings. The molecule has 1 aliphatic carbocycles. The van der Waals surface area contributed by atoms with Gasteiger partial charge in [-0.3, -0.25) is 4.79 Å². The summed E-state index contributed by atoms with van der Waals surface area (Å²) >= 11 is 0. The van der Waals surface area contributed by atoms with Crippen molar-refractivity contribution in [2.45, 2.75) is 25.8 Å². The minimum atomic E-state index is -0.278. The van der Waals surface area contributed by atoms with Crippen LogP contribution in [0.25, 0.3) is 16.8 Å². The molecule has 9 heteroatoms. The molecule has 1 aliphatic rings. The third-order valence-electron chi connectivity index (χ3n) is 6.04. The minimum Gasteiger partial charge on any atom is -0.493 e. The number of anilines is 1. The Labute approximate surface area is 196 Å². The summed E-state index contributed by atoms with van der Waals surface area (Å²) in [6.07, 6.45) is 7.20. The van der Waals surface area contributed by atoms with E-state index in [9.17, 15) is 4.79 Å². The van der Waals surface area contributed by atoms with E-state index in [1.54, 1.807) is 23.0 Å². The molecule has 0 unspecified atom stereocenters. The first kappa shape index (κ1) is 21.7. The normalized spacial score (nSPS) is 13.4. The van der Waals surface area contributed by atoms with Gasteiger partial charge in [0.25, 0.3) is 5.91 Å². The Balaban J connectivity index is 1.30. The van der Waals surface area contributed by atoms with E-state index in [0.717, 1.165) is 29.0 Å². The molecule has 34 heavy (non-hydrogen) atoms. The van der Waals surface area contributed by atoms with E-state index >= 15 is 0 Å². The minimum absolute atomic E-state index is 0.197. The summed E-state index contributed by atoms with van der Waals surface area (Å²) in [6, 6.07) is 13.3. The number of benzene rings is 1. The number of amides is 1. The van der Waals surface area contributed by atoms with Gasteiger partial charge in [-0.1, -0.05) is 18.6 Å². The van der Waals surface area contributed by atoms with Crippen LogP contribution >= 0.6 is 0 Å². The van der Waals surface area contributed by atoms with Crippen LogP contribution in [-0.2, 0) is 6.54 Å². The van der Waals surface area contributed by atoms with Gasteiger partial charge in [0.15, 0.2) is 5.65 Å². The second-order valence-electron chi connectivity index (χ2n) is 8.41. The Morgan fingerprint density at radius 2 is 2.09 bits per heavy atom. The summed E-state index contributed by atoms with van der Waals surface area (Å²) in [7, 11) is 1.49. The van der Waals surface area contributed by atoms with Gasteiger partial charge in [0.1, 0.15) is 11.3 Å². The van der Waals surface area contributed by atoms with Crippen LogP contribution in [0.1, 0.15) is 35.2 Å². The highest BCUT2D eigenvalue weighted by molar-refractivity contribution is 5.97. The number of carbonyl (C=O) groups is 1. The third-order valence-corrected chi connectivity index (χ3v) is 6.04. The van der Waals surface area contributed by atoms with E-state index in [2.05, 4.69) is 20.4 Å². The fourth-order valence-electron chi connectivity index (χ4n) is 3.91. The molecular weight excluding hydrogens is 432 g/mol. The summed E-state index contributed by atoms with van der Waals surface area (Å²) in [5, 5.41) is 7.04. The standard InChI is InChI=1S/C25H26N6O3/c1-33-24-21(11-19(14-28-24)18-8-9-31-22(12-18)29-25(26)30-31)23(32)27-13-17-6-3-7-20(10-17)34-15-16-4-2-5-16/h3,6-12,14,16H,2,4-5,13,15H2,1H3,(H2,26,30)(H,27,32). The van der Waals surface area contributed by atoms with E-state index in [-0.39, 0.29) is 17.7 Å². The van der Waals surface area contributed by atoms with Crippen LogP contribution in [0, 0.1) is 5.92 Å². The molecular formula is C25H26N6O3. The number of rotatable bonds is 8. The number of pyridine rings is 2. The maximum Gasteiger partial charge on any atom is 0.257 e. The third kappa shape index (κ3) is 4.63. The number of hydrogen-bond acceptors (Lipinski definition) is 7. The van der Waals surface area contributed by atoms with Crippen LogP contribution in [-0.4, -0.2) is 39.2 Å². The smallest absolute Gasteiger partial charge is 0.257 e. The zero-order valence-corrected chi connectivity index (χ0v) is 18.9. The number of ether oxygens (including phenoxy) is 2.